The highest BCUT2D eigenvalue weighted by Crippen LogP contribution is 2.21. The van der Waals surface area contributed by atoms with Crippen molar-refractivity contribution in [3.05, 3.63) is 54.1 Å². The molecule has 0 N–H and O–H groups in total. The molecule has 2 rings (SSSR count). The highest BCUT2D eigenvalue weighted by Gasteiger charge is 1.95. The molecule has 0 unspecified atom stereocenters. The van der Waals surface area contributed by atoms with Gasteiger partial charge in [0.15, 0.2) is 0 Å². The minimum atomic E-state index is 0.627. The van der Waals surface area contributed by atoms with E-state index in [2.05, 4.69) is 17.2 Å². The second kappa shape index (κ2) is 7.94. The molecular formula is C17H18N2O2. The van der Waals surface area contributed by atoms with Gasteiger partial charge >= 0.3 is 0 Å². The van der Waals surface area contributed by atoms with Crippen LogP contribution in [-0.2, 0) is 0 Å². The van der Waals surface area contributed by atoms with E-state index < -0.39 is 0 Å². The molecule has 0 atom stereocenters. The highest BCUT2D eigenvalue weighted by molar-refractivity contribution is 5.75. The molecule has 0 spiro atoms. The van der Waals surface area contributed by atoms with Crippen molar-refractivity contribution in [2.75, 3.05) is 6.61 Å². The molecule has 4 heteroatoms. The number of aldehydes is 1. The number of benzene rings is 2. The molecule has 0 amide bonds. The normalized spacial score (nSPS) is 10.7. The number of azo groups is 1. The Morgan fingerprint density at radius 1 is 0.952 bits per heavy atom. The molecule has 0 aliphatic carbocycles. The monoisotopic (exact) mass is 282 g/mol. The van der Waals surface area contributed by atoms with Gasteiger partial charge in [0, 0.05) is 5.56 Å². The van der Waals surface area contributed by atoms with Gasteiger partial charge in [0.05, 0.1) is 18.0 Å². The van der Waals surface area contributed by atoms with Crippen molar-refractivity contribution in [1.29, 1.82) is 0 Å². The van der Waals surface area contributed by atoms with E-state index in [1.54, 1.807) is 24.3 Å². The van der Waals surface area contributed by atoms with E-state index in [1.165, 1.54) is 0 Å². The van der Waals surface area contributed by atoms with E-state index in [4.69, 9.17) is 4.74 Å². The lowest BCUT2D eigenvalue weighted by Crippen LogP contribution is -1.95. The Morgan fingerprint density at radius 3 is 2.05 bits per heavy atom. The van der Waals surface area contributed by atoms with Crippen LogP contribution in [0.15, 0.2) is 58.8 Å². The number of carbonyl (C=O) groups is 1. The SMILES string of the molecule is CCCCOc1ccc(N=Nc2ccc(C=O)cc2)cc1. The molecule has 4 nitrogen and oxygen atoms in total. The topological polar surface area (TPSA) is 51.0 Å². The lowest BCUT2D eigenvalue weighted by atomic mass is 10.2. The summed E-state index contributed by atoms with van der Waals surface area (Å²) in [4.78, 5) is 10.6. The second-order valence-electron chi connectivity index (χ2n) is 4.61. The maximum atomic E-state index is 10.6. The van der Waals surface area contributed by atoms with Crippen LogP contribution in [0.5, 0.6) is 5.75 Å². The smallest absolute Gasteiger partial charge is 0.150 e. The van der Waals surface area contributed by atoms with Crippen LogP contribution in [0.1, 0.15) is 30.1 Å². The molecule has 0 saturated carbocycles. The number of nitrogens with zero attached hydrogens (tertiary/aromatic N) is 2. The van der Waals surface area contributed by atoms with E-state index in [9.17, 15) is 4.79 Å². The summed E-state index contributed by atoms with van der Waals surface area (Å²) in [6, 6.07) is 14.5. The van der Waals surface area contributed by atoms with Gasteiger partial charge in [-0.15, -0.1) is 0 Å². The maximum Gasteiger partial charge on any atom is 0.150 e. The van der Waals surface area contributed by atoms with Crippen LogP contribution in [0, 0.1) is 0 Å². The van der Waals surface area contributed by atoms with Crippen molar-refractivity contribution in [3.8, 4) is 5.75 Å². The number of carbonyl (C=O) groups excluding carboxylic acids is 1. The Labute approximate surface area is 124 Å². The molecule has 0 fully saturated rings. The third kappa shape index (κ3) is 4.84. The van der Waals surface area contributed by atoms with Gasteiger partial charge in [-0.2, -0.15) is 10.2 Å². The first-order valence-corrected chi connectivity index (χ1v) is 7.01. The first-order valence-electron chi connectivity index (χ1n) is 7.01. The fraction of sp³-hybridized carbons (Fsp3) is 0.235. The van der Waals surface area contributed by atoms with Crippen LogP contribution in [-0.4, -0.2) is 12.9 Å². The van der Waals surface area contributed by atoms with E-state index in [0.717, 1.165) is 37.2 Å². The van der Waals surface area contributed by atoms with Gasteiger partial charge < -0.3 is 4.74 Å². The third-order valence-corrected chi connectivity index (χ3v) is 2.91. The van der Waals surface area contributed by atoms with Crippen molar-refractivity contribution >= 4 is 17.7 Å². The Morgan fingerprint density at radius 2 is 1.52 bits per heavy atom. The largest absolute Gasteiger partial charge is 0.494 e. The Balaban J connectivity index is 1.95. The molecular weight excluding hydrogens is 264 g/mol. The summed E-state index contributed by atoms with van der Waals surface area (Å²) in [5, 5.41) is 8.28. The molecule has 0 heterocycles. The minimum Gasteiger partial charge on any atom is -0.494 e. The molecule has 0 saturated heterocycles. The van der Waals surface area contributed by atoms with Crippen LogP contribution in [0.4, 0.5) is 11.4 Å². The zero-order valence-corrected chi connectivity index (χ0v) is 12.0. The zero-order valence-electron chi connectivity index (χ0n) is 12.0. The predicted octanol–water partition coefficient (Wildman–Crippen LogP) is 5.09. The molecule has 0 aliphatic rings. The molecule has 0 radical (unpaired) electrons. The predicted molar refractivity (Wildman–Crippen MR) is 82.9 cm³/mol. The molecule has 2 aromatic carbocycles. The Hall–Kier alpha value is -2.49. The Kier molecular flexibility index (Phi) is 5.64. The summed E-state index contributed by atoms with van der Waals surface area (Å²) in [6.07, 6.45) is 2.98. The quantitative estimate of drug-likeness (QED) is 0.403. The van der Waals surface area contributed by atoms with E-state index in [1.807, 2.05) is 24.3 Å². The lowest BCUT2D eigenvalue weighted by Gasteiger charge is -2.04. The van der Waals surface area contributed by atoms with Gasteiger partial charge in [-0.25, -0.2) is 0 Å². The number of ether oxygens (including phenoxy) is 1. The van der Waals surface area contributed by atoms with Crippen LogP contribution in [0.2, 0.25) is 0 Å². The minimum absolute atomic E-state index is 0.627. The van der Waals surface area contributed by atoms with E-state index >= 15 is 0 Å². The third-order valence-electron chi connectivity index (χ3n) is 2.91. The molecule has 0 aromatic heterocycles. The number of unbranched alkanes of at least 4 members (excludes halogenated alkanes) is 1. The van der Waals surface area contributed by atoms with Gasteiger partial charge in [-0.3, -0.25) is 4.79 Å². The lowest BCUT2D eigenvalue weighted by molar-refractivity contribution is 0.112. The average Bonchev–Trinajstić information content (AvgIpc) is 2.55. The first-order chi connectivity index (χ1) is 10.3. The van der Waals surface area contributed by atoms with Crippen LogP contribution in [0.25, 0.3) is 0 Å². The van der Waals surface area contributed by atoms with Crippen molar-refractivity contribution in [2.45, 2.75) is 19.8 Å². The standard InChI is InChI=1S/C17H18N2O2/c1-2-3-12-21-17-10-8-16(9-11-17)19-18-15-6-4-14(13-20)5-7-15/h4-11,13H,2-3,12H2,1H3. The highest BCUT2D eigenvalue weighted by atomic mass is 16.5. The first kappa shape index (κ1) is 14.9. The number of hydrogen-bond acceptors (Lipinski definition) is 4. The molecule has 0 aliphatic heterocycles. The summed E-state index contributed by atoms with van der Waals surface area (Å²) in [5.74, 6) is 0.845. The summed E-state index contributed by atoms with van der Waals surface area (Å²) in [7, 11) is 0. The fourth-order valence-corrected chi connectivity index (χ4v) is 1.68. The Bertz CT molecular complexity index is 589. The zero-order chi connectivity index (χ0) is 14.9. The van der Waals surface area contributed by atoms with Crippen molar-refractivity contribution in [1.82, 2.24) is 0 Å². The van der Waals surface area contributed by atoms with Gasteiger partial charge in [-0.05, 0) is 55.0 Å². The number of hydrogen-bond donors (Lipinski definition) is 0. The summed E-state index contributed by atoms with van der Waals surface area (Å²) in [5.41, 5.74) is 2.10. The van der Waals surface area contributed by atoms with Crippen molar-refractivity contribution in [2.24, 2.45) is 10.2 Å². The molecule has 0 bridgehead atoms. The fourth-order valence-electron chi connectivity index (χ4n) is 1.68. The van der Waals surface area contributed by atoms with Gasteiger partial charge in [0.25, 0.3) is 0 Å². The molecule has 21 heavy (non-hydrogen) atoms. The van der Waals surface area contributed by atoms with Gasteiger partial charge in [-0.1, -0.05) is 13.3 Å². The van der Waals surface area contributed by atoms with E-state index in [-0.39, 0.29) is 0 Å². The van der Waals surface area contributed by atoms with Crippen LogP contribution in [0.3, 0.4) is 0 Å². The average molecular weight is 282 g/mol. The summed E-state index contributed by atoms with van der Waals surface area (Å²) < 4.78 is 5.58. The van der Waals surface area contributed by atoms with Crippen molar-refractivity contribution < 1.29 is 9.53 Å². The van der Waals surface area contributed by atoms with Crippen LogP contribution < -0.4 is 4.74 Å². The van der Waals surface area contributed by atoms with E-state index in [0.29, 0.717) is 11.3 Å². The van der Waals surface area contributed by atoms with Crippen LogP contribution >= 0.6 is 0 Å². The van der Waals surface area contributed by atoms with Crippen molar-refractivity contribution in [3.63, 3.8) is 0 Å². The summed E-state index contributed by atoms with van der Waals surface area (Å²) >= 11 is 0. The second-order valence-corrected chi connectivity index (χ2v) is 4.61. The maximum absolute atomic E-state index is 10.6. The molecule has 2 aromatic rings. The van der Waals surface area contributed by atoms with Gasteiger partial charge in [0.1, 0.15) is 12.0 Å². The molecule has 108 valence electrons. The van der Waals surface area contributed by atoms with Gasteiger partial charge in [0.2, 0.25) is 0 Å². The number of rotatable bonds is 7. The summed E-state index contributed by atoms with van der Waals surface area (Å²) in [6.45, 7) is 2.87.